The zero-order chi connectivity index (χ0) is 21.1. The predicted octanol–water partition coefficient (Wildman–Crippen LogP) is 3.64. The number of carbonyl (C=O) groups is 2. The minimum atomic E-state index is -0.807. The number of halogens is 1. The van der Waals surface area contributed by atoms with E-state index in [2.05, 4.69) is 5.32 Å². The highest BCUT2D eigenvalue weighted by Gasteiger charge is 2.32. The molecule has 1 aliphatic rings. The number of carbonyl (C=O) groups excluding carboxylic acids is 2. The van der Waals surface area contributed by atoms with Gasteiger partial charge in [-0.1, -0.05) is 24.3 Å². The van der Waals surface area contributed by atoms with E-state index < -0.39 is 6.10 Å². The second-order valence-corrected chi connectivity index (χ2v) is 6.65. The predicted molar refractivity (Wildman–Crippen MR) is 110 cm³/mol. The Morgan fingerprint density at radius 2 is 1.87 bits per heavy atom. The second kappa shape index (κ2) is 8.24. The Bertz CT molecular complexity index is 1120. The van der Waals surface area contributed by atoms with Gasteiger partial charge in [-0.15, -0.1) is 0 Å². The quantitative estimate of drug-likeness (QED) is 0.672. The molecule has 152 valence electrons. The summed E-state index contributed by atoms with van der Waals surface area (Å²) in [7, 11) is 1.52. The molecule has 0 bridgehead atoms. The Kier molecular flexibility index (Phi) is 5.34. The van der Waals surface area contributed by atoms with Gasteiger partial charge in [-0.25, -0.2) is 4.39 Å². The third-order valence-electron chi connectivity index (χ3n) is 4.73. The molecule has 30 heavy (non-hydrogen) atoms. The topological polar surface area (TPSA) is 71.8 Å². The van der Waals surface area contributed by atoms with Crippen LogP contribution in [0.15, 0.2) is 71.2 Å². The Balaban J connectivity index is 1.55. The number of likely N-dealkylation sites (N-methyl/N-ethyl adjacent to an activating group) is 1. The second-order valence-electron chi connectivity index (χ2n) is 6.65. The lowest BCUT2D eigenvalue weighted by molar-refractivity contribution is -0.127. The number of furan rings is 1. The molecule has 3 aromatic rings. The molecule has 0 spiro atoms. The summed E-state index contributed by atoms with van der Waals surface area (Å²) in [4.78, 5) is 26.4. The van der Waals surface area contributed by atoms with Gasteiger partial charge in [0.1, 0.15) is 23.1 Å². The molecular weight excluding hydrogens is 387 g/mol. The van der Waals surface area contributed by atoms with Crippen molar-refractivity contribution in [3.8, 4) is 17.1 Å². The molecule has 1 N–H and O–H groups in total. The van der Waals surface area contributed by atoms with Crippen molar-refractivity contribution >= 4 is 23.6 Å². The number of fused-ring (bicyclic) bond motifs is 1. The van der Waals surface area contributed by atoms with Crippen LogP contribution < -0.4 is 15.0 Å². The summed E-state index contributed by atoms with van der Waals surface area (Å²) in [5, 5.41) is 2.54. The molecule has 1 atom stereocenters. The number of hydrogen-bond donors (Lipinski definition) is 1. The van der Waals surface area contributed by atoms with Gasteiger partial charge in [-0.05, 0) is 42.5 Å². The summed E-state index contributed by atoms with van der Waals surface area (Å²) < 4.78 is 25.3. The molecule has 7 heteroatoms. The standard InChI is InChI=1S/C23H19FN2O4/c1-25-23(28)21-14-26(18-8-4-5-9-20(18)30-21)22(27)13-11-15-10-12-19(29-15)16-6-2-3-7-17(16)24/h2-13,21H,14H2,1H3,(H,25,28)/b13-11+/t21-/m0/s1. The highest BCUT2D eigenvalue weighted by Crippen LogP contribution is 2.33. The fourth-order valence-electron chi connectivity index (χ4n) is 3.23. The van der Waals surface area contributed by atoms with Crippen LogP contribution in [-0.2, 0) is 9.59 Å². The minimum Gasteiger partial charge on any atom is -0.477 e. The first kappa shape index (κ1) is 19.4. The number of para-hydroxylation sites is 2. The fraction of sp³-hybridized carbons (Fsp3) is 0.130. The third kappa shape index (κ3) is 3.82. The Morgan fingerprint density at radius 3 is 2.67 bits per heavy atom. The van der Waals surface area contributed by atoms with Crippen LogP contribution in [0.25, 0.3) is 17.4 Å². The van der Waals surface area contributed by atoms with E-state index in [0.29, 0.717) is 28.5 Å². The van der Waals surface area contributed by atoms with E-state index in [0.717, 1.165) is 0 Å². The van der Waals surface area contributed by atoms with Crippen LogP contribution >= 0.6 is 0 Å². The van der Waals surface area contributed by atoms with Gasteiger partial charge in [0, 0.05) is 13.1 Å². The summed E-state index contributed by atoms with van der Waals surface area (Å²) in [5.74, 6) is 0.209. The van der Waals surface area contributed by atoms with Crippen LogP contribution in [0.2, 0.25) is 0 Å². The lowest BCUT2D eigenvalue weighted by Gasteiger charge is -2.33. The summed E-state index contributed by atoms with van der Waals surface area (Å²) >= 11 is 0. The van der Waals surface area contributed by atoms with E-state index in [9.17, 15) is 14.0 Å². The molecule has 0 unspecified atom stereocenters. The van der Waals surface area contributed by atoms with Gasteiger partial charge in [0.15, 0.2) is 6.10 Å². The maximum atomic E-state index is 13.9. The first-order valence-corrected chi connectivity index (χ1v) is 9.38. The van der Waals surface area contributed by atoms with E-state index in [-0.39, 0.29) is 24.2 Å². The van der Waals surface area contributed by atoms with Crippen molar-refractivity contribution in [2.24, 2.45) is 0 Å². The van der Waals surface area contributed by atoms with Crippen molar-refractivity contribution in [1.29, 1.82) is 0 Å². The van der Waals surface area contributed by atoms with Gasteiger partial charge < -0.3 is 19.4 Å². The summed E-state index contributed by atoms with van der Waals surface area (Å²) in [6.07, 6.45) is 2.06. The van der Waals surface area contributed by atoms with Gasteiger partial charge in [0.05, 0.1) is 17.8 Å². The molecule has 2 amide bonds. The van der Waals surface area contributed by atoms with Crippen molar-refractivity contribution in [2.75, 3.05) is 18.5 Å². The van der Waals surface area contributed by atoms with E-state index in [1.807, 2.05) is 0 Å². The maximum Gasteiger partial charge on any atom is 0.262 e. The Hall–Kier alpha value is -3.87. The zero-order valence-electron chi connectivity index (χ0n) is 16.2. The Labute approximate surface area is 172 Å². The molecule has 2 aromatic carbocycles. The number of hydrogen-bond acceptors (Lipinski definition) is 4. The van der Waals surface area contributed by atoms with Crippen molar-refractivity contribution in [1.82, 2.24) is 5.32 Å². The lowest BCUT2D eigenvalue weighted by Crippen LogP contribution is -2.49. The van der Waals surface area contributed by atoms with Crippen molar-refractivity contribution in [2.45, 2.75) is 6.10 Å². The number of benzene rings is 2. The molecule has 0 aliphatic carbocycles. The smallest absolute Gasteiger partial charge is 0.262 e. The fourth-order valence-corrected chi connectivity index (χ4v) is 3.23. The zero-order valence-corrected chi connectivity index (χ0v) is 16.2. The van der Waals surface area contributed by atoms with Crippen LogP contribution in [0.3, 0.4) is 0 Å². The van der Waals surface area contributed by atoms with Gasteiger partial charge in [0.25, 0.3) is 11.8 Å². The lowest BCUT2D eigenvalue weighted by atomic mass is 10.1. The van der Waals surface area contributed by atoms with Gasteiger partial charge in [0.2, 0.25) is 0 Å². The average molecular weight is 406 g/mol. The van der Waals surface area contributed by atoms with E-state index in [1.54, 1.807) is 54.6 Å². The average Bonchev–Trinajstić information content (AvgIpc) is 3.25. The van der Waals surface area contributed by atoms with Crippen LogP contribution in [0.1, 0.15) is 5.76 Å². The van der Waals surface area contributed by atoms with E-state index in [1.165, 1.54) is 30.2 Å². The Morgan fingerprint density at radius 1 is 1.10 bits per heavy atom. The summed E-state index contributed by atoms with van der Waals surface area (Å²) in [6.45, 7) is 0.0818. The van der Waals surface area contributed by atoms with Gasteiger partial charge in [-0.2, -0.15) is 0 Å². The van der Waals surface area contributed by atoms with Crippen LogP contribution in [-0.4, -0.2) is 31.5 Å². The molecule has 0 saturated carbocycles. The highest BCUT2D eigenvalue weighted by atomic mass is 19.1. The minimum absolute atomic E-state index is 0.0818. The number of ether oxygens (including phenoxy) is 1. The van der Waals surface area contributed by atoms with Crippen LogP contribution in [0.5, 0.6) is 5.75 Å². The number of anilines is 1. The molecule has 0 radical (unpaired) electrons. The number of nitrogens with one attached hydrogen (secondary N) is 1. The summed E-state index contributed by atoms with van der Waals surface area (Å²) in [5.41, 5.74) is 0.929. The molecule has 0 fully saturated rings. The number of rotatable bonds is 4. The molecule has 2 heterocycles. The van der Waals surface area contributed by atoms with Gasteiger partial charge in [-0.3, -0.25) is 9.59 Å². The third-order valence-corrected chi connectivity index (χ3v) is 4.73. The first-order chi connectivity index (χ1) is 14.6. The molecule has 1 aliphatic heterocycles. The SMILES string of the molecule is CNC(=O)[C@@H]1CN(C(=O)/C=C/c2ccc(-c3ccccc3F)o2)c2ccccc2O1. The summed E-state index contributed by atoms with van der Waals surface area (Å²) in [6, 6.07) is 16.6. The monoisotopic (exact) mass is 406 g/mol. The number of nitrogens with zero attached hydrogens (tertiary/aromatic N) is 1. The maximum absolute atomic E-state index is 13.9. The first-order valence-electron chi connectivity index (χ1n) is 9.38. The normalized spacial score (nSPS) is 15.5. The van der Waals surface area contributed by atoms with Crippen molar-refractivity contribution < 1.29 is 23.1 Å². The molecular formula is C23H19FN2O4. The van der Waals surface area contributed by atoms with E-state index >= 15 is 0 Å². The van der Waals surface area contributed by atoms with Gasteiger partial charge >= 0.3 is 0 Å². The molecule has 0 saturated heterocycles. The highest BCUT2D eigenvalue weighted by molar-refractivity contribution is 6.05. The largest absolute Gasteiger partial charge is 0.477 e. The van der Waals surface area contributed by atoms with E-state index in [4.69, 9.17) is 9.15 Å². The van der Waals surface area contributed by atoms with Crippen molar-refractivity contribution in [3.05, 3.63) is 78.3 Å². The molecule has 1 aromatic heterocycles. The van der Waals surface area contributed by atoms with Crippen molar-refractivity contribution in [3.63, 3.8) is 0 Å². The number of amides is 2. The van der Waals surface area contributed by atoms with Crippen LogP contribution in [0.4, 0.5) is 10.1 Å². The molecule has 6 nitrogen and oxygen atoms in total. The van der Waals surface area contributed by atoms with Crippen LogP contribution in [0, 0.1) is 5.82 Å². The molecule has 4 rings (SSSR count).